The maximum absolute atomic E-state index is 12.7. The lowest BCUT2D eigenvalue weighted by atomic mass is 10.2. The summed E-state index contributed by atoms with van der Waals surface area (Å²) < 4.78 is 6.04. The third-order valence-electron chi connectivity index (χ3n) is 3.93. The fourth-order valence-electron chi connectivity index (χ4n) is 2.51. The number of aromatic carboxylic acids is 1. The lowest BCUT2D eigenvalue weighted by Gasteiger charge is -2.08. The summed E-state index contributed by atoms with van der Waals surface area (Å²) in [5.41, 5.74) is 1.04. The SMILES string of the molecule is CN1C(=O)C(=Cc2cc(Br)ccc2OCC(=O)O)SC1=Nc1cccc(C(=O)O)c1. The molecule has 0 spiro atoms. The number of halogens is 1. The number of hydrogen-bond donors (Lipinski definition) is 2. The van der Waals surface area contributed by atoms with Crippen molar-refractivity contribution in [2.75, 3.05) is 13.7 Å². The highest BCUT2D eigenvalue weighted by Gasteiger charge is 2.30. The standard InChI is InChI=1S/C20H15BrN2O6S/c1-23-18(26)16(9-12-7-13(21)5-6-15(12)29-10-17(24)25)30-20(23)22-14-4-2-3-11(8-14)19(27)28/h2-9H,10H2,1H3,(H,24,25)(H,27,28). The van der Waals surface area contributed by atoms with Crippen LogP contribution in [0.3, 0.4) is 0 Å². The number of carbonyl (C=O) groups is 3. The number of carbonyl (C=O) groups excluding carboxylic acids is 1. The Bertz CT molecular complexity index is 1100. The first-order chi connectivity index (χ1) is 14.2. The van der Waals surface area contributed by atoms with Gasteiger partial charge in [-0.25, -0.2) is 14.6 Å². The van der Waals surface area contributed by atoms with E-state index in [2.05, 4.69) is 20.9 Å². The molecular formula is C20H15BrN2O6S. The zero-order chi connectivity index (χ0) is 21.8. The molecule has 0 aliphatic carbocycles. The van der Waals surface area contributed by atoms with E-state index in [4.69, 9.17) is 14.9 Å². The third kappa shape index (κ3) is 5.08. The number of carboxylic acids is 2. The molecule has 154 valence electrons. The molecule has 0 saturated carbocycles. The van der Waals surface area contributed by atoms with Crippen LogP contribution in [0.1, 0.15) is 15.9 Å². The van der Waals surface area contributed by atoms with Crippen molar-refractivity contribution in [3.63, 3.8) is 0 Å². The van der Waals surface area contributed by atoms with E-state index < -0.39 is 18.5 Å². The Balaban J connectivity index is 1.92. The second kappa shape index (κ2) is 9.14. The van der Waals surface area contributed by atoms with Crippen molar-refractivity contribution in [1.29, 1.82) is 0 Å². The lowest BCUT2D eigenvalue weighted by Crippen LogP contribution is -2.23. The van der Waals surface area contributed by atoms with Gasteiger partial charge in [-0.3, -0.25) is 9.69 Å². The molecule has 1 aliphatic rings. The molecule has 0 aromatic heterocycles. The summed E-state index contributed by atoms with van der Waals surface area (Å²) in [4.78, 5) is 40.7. The van der Waals surface area contributed by atoms with Crippen LogP contribution in [-0.4, -0.2) is 51.8 Å². The monoisotopic (exact) mass is 490 g/mol. The van der Waals surface area contributed by atoms with Crippen LogP contribution in [-0.2, 0) is 9.59 Å². The van der Waals surface area contributed by atoms with Crippen LogP contribution in [0.5, 0.6) is 5.75 Å². The molecule has 0 atom stereocenters. The van der Waals surface area contributed by atoms with Crippen LogP contribution >= 0.6 is 27.7 Å². The minimum atomic E-state index is -1.11. The van der Waals surface area contributed by atoms with E-state index in [0.717, 1.165) is 16.2 Å². The van der Waals surface area contributed by atoms with Gasteiger partial charge in [0.25, 0.3) is 5.91 Å². The first kappa shape index (κ1) is 21.6. The van der Waals surface area contributed by atoms with Gasteiger partial charge in [-0.05, 0) is 54.2 Å². The van der Waals surface area contributed by atoms with E-state index in [1.54, 1.807) is 43.5 Å². The molecule has 0 radical (unpaired) electrons. The first-order valence-corrected chi connectivity index (χ1v) is 10.1. The fraction of sp³-hybridized carbons (Fsp3) is 0.100. The summed E-state index contributed by atoms with van der Waals surface area (Å²) in [5.74, 6) is -2.15. The molecule has 2 N–H and O–H groups in total. The van der Waals surface area contributed by atoms with Gasteiger partial charge in [0.2, 0.25) is 0 Å². The molecule has 1 aliphatic heterocycles. The van der Waals surface area contributed by atoms with E-state index in [-0.39, 0.29) is 11.5 Å². The zero-order valence-electron chi connectivity index (χ0n) is 15.5. The molecule has 30 heavy (non-hydrogen) atoms. The molecule has 2 aromatic rings. The van der Waals surface area contributed by atoms with Crippen molar-refractivity contribution in [3.8, 4) is 5.75 Å². The third-order valence-corrected chi connectivity index (χ3v) is 5.48. The van der Waals surface area contributed by atoms with E-state index in [9.17, 15) is 14.4 Å². The number of nitrogens with zero attached hydrogens (tertiary/aromatic N) is 2. The quantitative estimate of drug-likeness (QED) is 0.590. The van der Waals surface area contributed by atoms with Gasteiger partial charge >= 0.3 is 11.9 Å². The van der Waals surface area contributed by atoms with Crippen LogP contribution in [0.4, 0.5) is 5.69 Å². The number of aliphatic imine (C=N–C) groups is 1. The zero-order valence-corrected chi connectivity index (χ0v) is 17.9. The Morgan fingerprint density at radius 1 is 1.23 bits per heavy atom. The van der Waals surface area contributed by atoms with Crippen molar-refractivity contribution < 1.29 is 29.3 Å². The molecule has 0 bridgehead atoms. The van der Waals surface area contributed by atoms with Gasteiger partial charge in [-0.15, -0.1) is 0 Å². The van der Waals surface area contributed by atoms with Crippen LogP contribution in [0.25, 0.3) is 6.08 Å². The number of amidine groups is 1. The van der Waals surface area contributed by atoms with Crippen LogP contribution in [0.15, 0.2) is 56.8 Å². The number of carboxylic acid groups (broad SMARTS) is 2. The highest BCUT2D eigenvalue weighted by Crippen LogP contribution is 2.35. The van der Waals surface area contributed by atoms with Crippen molar-refractivity contribution >= 4 is 62.5 Å². The normalized spacial score (nSPS) is 16.3. The number of thioether (sulfide) groups is 1. The number of likely N-dealkylation sites (N-methyl/N-ethyl adjacent to an activating group) is 1. The smallest absolute Gasteiger partial charge is 0.341 e. The summed E-state index contributed by atoms with van der Waals surface area (Å²) in [6.07, 6.45) is 1.60. The van der Waals surface area contributed by atoms with E-state index in [1.165, 1.54) is 17.0 Å². The van der Waals surface area contributed by atoms with E-state index >= 15 is 0 Å². The van der Waals surface area contributed by atoms with Gasteiger partial charge in [-0.1, -0.05) is 22.0 Å². The number of hydrogen-bond acceptors (Lipinski definition) is 6. The summed E-state index contributed by atoms with van der Waals surface area (Å²) in [7, 11) is 1.57. The van der Waals surface area contributed by atoms with E-state index in [0.29, 0.717) is 27.1 Å². The first-order valence-electron chi connectivity index (χ1n) is 8.48. The number of amides is 1. The van der Waals surface area contributed by atoms with Gasteiger partial charge < -0.3 is 14.9 Å². The fourth-order valence-corrected chi connectivity index (χ4v) is 3.87. The number of ether oxygens (including phenoxy) is 1. The molecule has 8 nitrogen and oxygen atoms in total. The summed E-state index contributed by atoms with van der Waals surface area (Å²) >= 11 is 4.47. The lowest BCUT2D eigenvalue weighted by molar-refractivity contribution is -0.139. The molecule has 10 heteroatoms. The van der Waals surface area contributed by atoms with Gasteiger partial charge in [0.15, 0.2) is 11.8 Å². The van der Waals surface area contributed by atoms with Crippen molar-refractivity contribution in [2.45, 2.75) is 0 Å². The maximum atomic E-state index is 12.7. The van der Waals surface area contributed by atoms with Gasteiger partial charge in [0.1, 0.15) is 5.75 Å². The largest absolute Gasteiger partial charge is 0.481 e. The van der Waals surface area contributed by atoms with Crippen molar-refractivity contribution in [2.24, 2.45) is 4.99 Å². The average molecular weight is 491 g/mol. The Morgan fingerprint density at radius 2 is 2.00 bits per heavy atom. The van der Waals surface area contributed by atoms with Crippen molar-refractivity contribution in [1.82, 2.24) is 4.90 Å². The molecule has 1 saturated heterocycles. The number of benzene rings is 2. The van der Waals surface area contributed by atoms with Crippen LogP contribution < -0.4 is 4.74 Å². The van der Waals surface area contributed by atoms with Gasteiger partial charge in [-0.2, -0.15) is 0 Å². The van der Waals surface area contributed by atoms with Crippen molar-refractivity contribution in [3.05, 3.63) is 63.0 Å². The summed E-state index contributed by atoms with van der Waals surface area (Å²) in [6.45, 7) is -0.509. The Morgan fingerprint density at radius 3 is 2.70 bits per heavy atom. The minimum Gasteiger partial charge on any atom is -0.481 e. The number of aliphatic carboxylic acids is 1. The molecule has 0 unspecified atom stereocenters. The molecule has 2 aromatic carbocycles. The second-order valence-corrected chi connectivity index (χ2v) is 8.01. The van der Waals surface area contributed by atoms with E-state index in [1.807, 2.05) is 0 Å². The molecule has 1 amide bonds. The van der Waals surface area contributed by atoms with Crippen LogP contribution in [0.2, 0.25) is 0 Å². The summed E-state index contributed by atoms with van der Waals surface area (Å²) in [6, 6.07) is 11.1. The Labute approximate surface area is 184 Å². The molecule has 1 heterocycles. The predicted molar refractivity (Wildman–Crippen MR) is 116 cm³/mol. The molecule has 1 fully saturated rings. The maximum Gasteiger partial charge on any atom is 0.341 e. The Hall–Kier alpha value is -3.11. The molecular weight excluding hydrogens is 476 g/mol. The second-order valence-electron chi connectivity index (χ2n) is 6.09. The van der Waals surface area contributed by atoms with Crippen LogP contribution in [0, 0.1) is 0 Å². The number of rotatable bonds is 6. The summed E-state index contributed by atoms with van der Waals surface area (Å²) in [5, 5.41) is 18.3. The highest BCUT2D eigenvalue weighted by atomic mass is 79.9. The minimum absolute atomic E-state index is 0.0962. The molecule has 3 rings (SSSR count). The highest BCUT2D eigenvalue weighted by molar-refractivity contribution is 9.10. The average Bonchev–Trinajstić information content (AvgIpc) is 2.95. The Kier molecular flexibility index (Phi) is 6.58. The van der Waals surface area contributed by atoms with Gasteiger partial charge in [0, 0.05) is 17.1 Å². The topological polar surface area (TPSA) is 117 Å². The predicted octanol–water partition coefficient (Wildman–Crippen LogP) is 3.84. The van der Waals surface area contributed by atoms with Gasteiger partial charge in [0.05, 0.1) is 16.2 Å².